The molecule has 2 aromatic rings. The smallest absolute Gasteiger partial charge is 0.229 e. The van der Waals surface area contributed by atoms with Crippen LogP contribution in [0.5, 0.6) is 11.5 Å². The van der Waals surface area contributed by atoms with Crippen molar-refractivity contribution in [3.05, 3.63) is 48.3 Å². The first-order valence-electron chi connectivity index (χ1n) is 8.98. The second-order valence-corrected chi connectivity index (χ2v) is 6.70. The minimum absolute atomic E-state index is 0.108. The molecule has 0 saturated carbocycles. The van der Waals surface area contributed by atoms with E-state index < -0.39 is 0 Å². The van der Waals surface area contributed by atoms with E-state index in [0.717, 1.165) is 55.3 Å². The van der Waals surface area contributed by atoms with Crippen molar-refractivity contribution in [3.8, 4) is 11.5 Å². The predicted molar refractivity (Wildman–Crippen MR) is 98.7 cm³/mol. The maximum absolute atomic E-state index is 12.9. The van der Waals surface area contributed by atoms with E-state index in [1.165, 1.54) is 0 Å². The number of methoxy groups -OCH3 is 1. The van der Waals surface area contributed by atoms with Gasteiger partial charge >= 0.3 is 0 Å². The van der Waals surface area contributed by atoms with Crippen molar-refractivity contribution < 1.29 is 14.3 Å². The van der Waals surface area contributed by atoms with E-state index in [1.807, 2.05) is 35.2 Å². The molecule has 1 aromatic carbocycles. The Hall–Kier alpha value is -2.76. The highest BCUT2D eigenvalue weighted by atomic mass is 16.5. The molecule has 1 fully saturated rings. The van der Waals surface area contributed by atoms with Crippen LogP contribution in [0, 0.1) is 5.92 Å². The number of amides is 1. The number of hydrogen-bond donors (Lipinski definition) is 0. The molecule has 2 aliphatic heterocycles. The lowest BCUT2D eigenvalue weighted by Crippen LogP contribution is -2.51. The van der Waals surface area contributed by atoms with E-state index in [0.29, 0.717) is 6.61 Å². The number of nitrogens with zero attached hydrogens (tertiary/aromatic N) is 3. The lowest BCUT2D eigenvalue weighted by molar-refractivity contribution is -0.137. The van der Waals surface area contributed by atoms with Gasteiger partial charge in [-0.3, -0.25) is 9.78 Å². The third-order valence-electron chi connectivity index (χ3n) is 5.15. The van der Waals surface area contributed by atoms with Crippen LogP contribution in [0.4, 0.5) is 5.69 Å². The lowest BCUT2D eigenvalue weighted by atomic mass is 9.95. The highest BCUT2D eigenvalue weighted by molar-refractivity contribution is 5.80. The zero-order valence-corrected chi connectivity index (χ0v) is 14.9. The molecule has 6 heteroatoms. The molecule has 26 heavy (non-hydrogen) atoms. The molecule has 136 valence electrons. The highest BCUT2D eigenvalue weighted by Gasteiger charge is 2.31. The number of hydrogen-bond acceptors (Lipinski definition) is 5. The van der Waals surface area contributed by atoms with Gasteiger partial charge in [0.15, 0.2) is 0 Å². The van der Waals surface area contributed by atoms with Crippen molar-refractivity contribution in [2.24, 2.45) is 5.92 Å². The molecule has 4 rings (SSSR count). The number of carbonyl (C=O) groups is 1. The molecule has 1 aromatic heterocycles. The average molecular weight is 353 g/mol. The molecule has 2 aliphatic rings. The molecule has 3 heterocycles. The first-order valence-corrected chi connectivity index (χ1v) is 8.98. The van der Waals surface area contributed by atoms with E-state index in [4.69, 9.17) is 9.47 Å². The number of anilines is 1. The van der Waals surface area contributed by atoms with Crippen molar-refractivity contribution in [1.82, 2.24) is 9.88 Å². The maximum atomic E-state index is 12.9. The van der Waals surface area contributed by atoms with Gasteiger partial charge in [0.2, 0.25) is 5.91 Å². The summed E-state index contributed by atoms with van der Waals surface area (Å²) in [6, 6.07) is 9.83. The van der Waals surface area contributed by atoms with Crippen LogP contribution in [0.3, 0.4) is 0 Å². The summed E-state index contributed by atoms with van der Waals surface area (Å²) in [6.07, 6.45) is 4.33. The van der Waals surface area contributed by atoms with Crippen LogP contribution in [-0.2, 0) is 11.2 Å². The van der Waals surface area contributed by atoms with Gasteiger partial charge in [0, 0.05) is 50.3 Å². The van der Waals surface area contributed by atoms with Crippen LogP contribution < -0.4 is 14.4 Å². The van der Waals surface area contributed by atoms with Crippen LogP contribution >= 0.6 is 0 Å². The van der Waals surface area contributed by atoms with Crippen molar-refractivity contribution in [2.45, 2.75) is 6.42 Å². The Balaban J connectivity index is 1.37. The molecule has 1 saturated heterocycles. The summed E-state index contributed by atoms with van der Waals surface area (Å²) in [5.74, 6) is 1.70. The minimum atomic E-state index is -0.108. The number of fused-ring (bicyclic) bond motifs is 1. The third kappa shape index (κ3) is 3.31. The summed E-state index contributed by atoms with van der Waals surface area (Å²) in [4.78, 5) is 21.3. The Morgan fingerprint density at radius 2 is 1.92 bits per heavy atom. The molecule has 0 spiro atoms. The SMILES string of the molecule is COc1ccc2c(c1)OCC(C(=O)N1CCN(c3ccncc3)CC1)C2. The van der Waals surface area contributed by atoms with Crippen LogP contribution in [0.25, 0.3) is 0 Å². The fraction of sp³-hybridized carbons (Fsp3) is 0.400. The van der Waals surface area contributed by atoms with Crippen LogP contribution in [0.15, 0.2) is 42.7 Å². The van der Waals surface area contributed by atoms with Crippen molar-refractivity contribution in [1.29, 1.82) is 0 Å². The maximum Gasteiger partial charge on any atom is 0.229 e. The molecule has 0 bridgehead atoms. The van der Waals surface area contributed by atoms with E-state index in [-0.39, 0.29) is 11.8 Å². The molecule has 1 unspecified atom stereocenters. The largest absolute Gasteiger partial charge is 0.497 e. The second kappa shape index (κ2) is 7.23. The van der Waals surface area contributed by atoms with E-state index in [1.54, 1.807) is 19.5 Å². The van der Waals surface area contributed by atoms with Gasteiger partial charge in [-0.05, 0) is 30.2 Å². The Morgan fingerprint density at radius 3 is 2.65 bits per heavy atom. The summed E-state index contributed by atoms with van der Waals surface area (Å²) < 4.78 is 11.1. The topological polar surface area (TPSA) is 54.9 Å². The number of aromatic nitrogens is 1. The van der Waals surface area contributed by atoms with Crippen LogP contribution in [-0.4, -0.2) is 55.7 Å². The highest BCUT2D eigenvalue weighted by Crippen LogP contribution is 2.31. The Labute approximate surface area is 153 Å². The number of pyridine rings is 1. The van der Waals surface area contributed by atoms with Crippen LogP contribution in [0.2, 0.25) is 0 Å². The van der Waals surface area contributed by atoms with Gasteiger partial charge in [0.05, 0.1) is 13.0 Å². The molecule has 6 nitrogen and oxygen atoms in total. The molecule has 0 radical (unpaired) electrons. The Morgan fingerprint density at radius 1 is 1.15 bits per heavy atom. The molecule has 0 N–H and O–H groups in total. The fourth-order valence-electron chi connectivity index (χ4n) is 3.64. The van der Waals surface area contributed by atoms with Gasteiger partial charge in [-0.15, -0.1) is 0 Å². The van der Waals surface area contributed by atoms with Gasteiger partial charge < -0.3 is 19.3 Å². The molecule has 1 amide bonds. The standard InChI is InChI=1S/C20H23N3O3/c1-25-18-3-2-15-12-16(14-26-19(15)13-18)20(24)23-10-8-22(9-11-23)17-4-6-21-7-5-17/h2-7,13,16H,8-12,14H2,1H3. The second-order valence-electron chi connectivity index (χ2n) is 6.70. The summed E-state index contributed by atoms with van der Waals surface area (Å²) in [5.41, 5.74) is 2.24. The minimum Gasteiger partial charge on any atom is -0.497 e. The predicted octanol–water partition coefficient (Wildman–Crippen LogP) is 1.99. The number of rotatable bonds is 3. The van der Waals surface area contributed by atoms with Gasteiger partial charge in [-0.2, -0.15) is 0 Å². The normalized spacial score (nSPS) is 19.5. The zero-order chi connectivity index (χ0) is 17.9. The summed E-state index contributed by atoms with van der Waals surface area (Å²) in [6.45, 7) is 3.61. The van der Waals surface area contributed by atoms with Crippen molar-refractivity contribution in [2.75, 3.05) is 44.8 Å². The van der Waals surface area contributed by atoms with E-state index in [9.17, 15) is 4.79 Å². The van der Waals surface area contributed by atoms with Gasteiger partial charge in [-0.25, -0.2) is 0 Å². The molecule has 0 aliphatic carbocycles. The molecular formula is C20H23N3O3. The quantitative estimate of drug-likeness (QED) is 0.845. The first-order chi connectivity index (χ1) is 12.7. The summed E-state index contributed by atoms with van der Waals surface area (Å²) in [5, 5.41) is 0. The zero-order valence-electron chi connectivity index (χ0n) is 14.9. The van der Waals surface area contributed by atoms with E-state index in [2.05, 4.69) is 9.88 Å². The monoisotopic (exact) mass is 353 g/mol. The van der Waals surface area contributed by atoms with E-state index >= 15 is 0 Å². The fourth-order valence-corrected chi connectivity index (χ4v) is 3.64. The summed E-state index contributed by atoms with van der Waals surface area (Å²) >= 11 is 0. The summed E-state index contributed by atoms with van der Waals surface area (Å²) in [7, 11) is 1.64. The van der Waals surface area contributed by atoms with Crippen LogP contribution in [0.1, 0.15) is 5.56 Å². The van der Waals surface area contributed by atoms with Gasteiger partial charge in [0.25, 0.3) is 0 Å². The van der Waals surface area contributed by atoms with Gasteiger partial charge in [0.1, 0.15) is 18.1 Å². The average Bonchev–Trinajstić information content (AvgIpc) is 2.73. The molecule has 1 atom stereocenters. The number of benzene rings is 1. The Kier molecular flexibility index (Phi) is 4.65. The number of carbonyl (C=O) groups excluding carboxylic acids is 1. The first kappa shape index (κ1) is 16.7. The van der Waals surface area contributed by atoms with Crippen molar-refractivity contribution >= 4 is 11.6 Å². The number of ether oxygens (including phenoxy) is 2. The lowest BCUT2D eigenvalue weighted by Gasteiger charge is -2.38. The Bertz CT molecular complexity index is 773. The van der Waals surface area contributed by atoms with Crippen molar-refractivity contribution in [3.63, 3.8) is 0 Å². The molecular weight excluding hydrogens is 330 g/mol. The number of piperazine rings is 1. The van der Waals surface area contributed by atoms with Gasteiger partial charge in [-0.1, -0.05) is 6.07 Å². The third-order valence-corrected chi connectivity index (χ3v) is 5.15.